The van der Waals surface area contributed by atoms with Gasteiger partial charge in [-0.2, -0.15) is 0 Å². The average molecular weight is 667 g/mol. The maximum Gasteiger partial charge on any atom is 0.255 e. The van der Waals surface area contributed by atoms with Gasteiger partial charge in [0.25, 0.3) is 5.91 Å². The highest BCUT2D eigenvalue weighted by Crippen LogP contribution is 2.32. The fourth-order valence-corrected chi connectivity index (χ4v) is 5.54. The molecule has 5 amide bonds. The lowest BCUT2D eigenvalue weighted by molar-refractivity contribution is -0.137. The van der Waals surface area contributed by atoms with Gasteiger partial charge < -0.3 is 34.5 Å². The Hall–Kier alpha value is -4.33. The van der Waals surface area contributed by atoms with Crippen molar-refractivity contribution in [2.24, 2.45) is 0 Å². The molecule has 1 saturated heterocycles. The summed E-state index contributed by atoms with van der Waals surface area (Å²) in [5, 5.41) is 7.88. The van der Waals surface area contributed by atoms with Gasteiger partial charge in [-0.1, -0.05) is 24.6 Å². The second-order valence-electron chi connectivity index (χ2n) is 11.7. The molecule has 0 saturated carbocycles. The van der Waals surface area contributed by atoms with Crippen LogP contribution in [0.25, 0.3) is 0 Å². The van der Waals surface area contributed by atoms with E-state index >= 15 is 0 Å². The van der Waals surface area contributed by atoms with Crippen molar-refractivity contribution in [3.05, 3.63) is 59.2 Å². The van der Waals surface area contributed by atoms with Gasteiger partial charge in [0.15, 0.2) is 0 Å². The van der Waals surface area contributed by atoms with Crippen LogP contribution in [0.5, 0.6) is 5.75 Å². The minimum atomic E-state index is -0.713. The highest BCUT2D eigenvalue weighted by atomic mass is 16.5. The van der Waals surface area contributed by atoms with Gasteiger partial charge in [-0.15, -0.1) is 0 Å². The van der Waals surface area contributed by atoms with Crippen molar-refractivity contribution in [1.82, 2.24) is 15.5 Å². The molecule has 0 aromatic heterocycles. The summed E-state index contributed by atoms with van der Waals surface area (Å²) >= 11 is 0. The fourth-order valence-electron chi connectivity index (χ4n) is 5.54. The number of nitrogens with zero attached hydrogens (tertiary/aromatic N) is 1. The highest BCUT2D eigenvalue weighted by Gasteiger charge is 2.39. The lowest BCUT2D eigenvalue weighted by Gasteiger charge is -2.29. The molecule has 0 bridgehead atoms. The first-order chi connectivity index (χ1) is 23.4. The van der Waals surface area contributed by atoms with Gasteiger partial charge in [-0.25, -0.2) is 0 Å². The third-order valence-electron chi connectivity index (χ3n) is 8.20. The highest BCUT2D eigenvalue weighted by molar-refractivity contribution is 6.06. The van der Waals surface area contributed by atoms with Gasteiger partial charge in [0.2, 0.25) is 24.1 Å². The number of rotatable bonds is 22. The number of anilines is 1. The van der Waals surface area contributed by atoms with Crippen LogP contribution in [0.1, 0.15) is 79.4 Å². The Kier molecular flexibility index (Phi) is 14.8. The van der Waals surface area contributed by atoms with E-state index in [1.165, 1.54) is 4.90 Å². The Bertz CT molecular complexity index is 1400. The predicted molar refractivity (Wildman–Crippen MR) is 176 cm³/mol. The van der Waals surface area contributed by atoms with Gasteiger partial charge in [0, 0.05) is 36.4 Å². The van der Waals surface area contributed by atoms with Crippen LogP contribution in [0.4, 0.5) is 5.69 Å². The topological polar surface area (TPSA) is 162 Å². The van der Waals surface area contributed by atoms with Crippen LogP contribution in [0, 0.1) is 0 Å². The van der Waals surface area contributed by atoms with Gasteiger partial charge >= 0.3 is 0 Å². The molecule has 2 unspecified atom stereocenters. The molecule has 2 atom stereocenters. The van der Waals surface area contributed by atoms with Crippen molar-refractivity contribution in [2.45, 2.75) is 70.5 Å². The molecule has 0 aliphatic carbocycles. The number of fused-ring (bicyclic) bond motifs is 1. The Morgan fingerprint density at radius 3 is 2.40 bits per heavy atom. The zero-order chi connectivity index (χ0) is 34.1. The third kappa shape index (κ3) is 11.1. The van der Waals surface area contributed by atoms with Crippen LogP contribution >= 0.6 is 0 Å². The molecule has 0 spiro atoms. The number of piperidine rings is 1. The van der Waals surface area contributed by atoms with Gasteiger partial charge in [0.05, 0.1) is 52.1 Å². The molecule has 4 rings (SSSR count). The first-order valence-electron chi connectivity index (χ1n) is 16.6. The van der Waals surface area contributed by atoms with Crippen molar-refractivity contribution in [3.8, 4) is 5.75 Å². The summed E-state index contributed by atoms with van der Waals surface area (Å²) in [6.07, 6.45) is 5.32. The number of imide groups is 1. The summed E-state index contributed by atoms with van der Waals surface area (Å²) in [7, 11) is 0. The molecule has 1 fully saturated rings. The third-order valence-corrected chi connectivity index (χ3v) is 8.20. The lowest BCUT2D eigenvalue weighted by Crippen LogP contribution is -2.52. The molecule has 3 N–H and O–H groups in total. The van der Waals surface area contributed by atoms with Crippen LogP contribution in [0.15, 0.2) is 42.5 Å². The molecule has 48 heavy (non-hydrogen) atoms. The number of amides is 5. The summed E-state index contributed by atoms with van der Waals surface area (Å²) < 4.78 is 22.5. The Morgan fingerprint density at radius 2 is 1.65 bits per heavy atom. The molecular formula is C35H46N4O9. The summed E-state index contributed by atoms with van der Waals surface area (Å²) in [6.45, 7) is 5.36. The maximum absolute atomic E-state index is 13.0. The number of ether oxygens (including phenoxy) is 4. The van der Waals surface area contributed by atoms with Crippen LogP contribution in [0.2, 0.25) is 0 Å². The molecule has 260 valence electrons. The minimum absolute atomic E-state index is 0.0562. The number of nitrogens with one attached hydrogen (secondary N) is 3. The molecule has 13 heteroatoms. The zero-order valence-corrected chi connectivity index (χ0v) is 27.5. The van der Waals surface area contributed by atoms with E-state index in [2.05, 4.69) is 16.0 Å². The first kappa shape index (κ1) is 36.5. The standard InChI is InChI=1S/C35H46N4O9/c1-25(36-24-40)26-8-6-9-27(22-26)48-16-5-3-2-4-15-45-18-20-47-21-19-46-17-14-33(42)37-30-11-7-10-28-29(30)23-39(35(28)44)31-12-13-32(41)38-34(31)43/h6-11,22,24-25,31H,2-5,12-21,23H2,1H3,(H,36,40)(H,37,42)(H,38,41,43). The van der Waals surface area contributed by atoms with Crippen LogP contribution in [-0.2, 0) is 39.9 Å². The number of benzene rings is 2. The van der Waals surface area contributed by atoms with E-state index in [0.717, 1.165) is 37.0 Å². The van der Waals surface area contributed by atoms with E-state index in [9.17, 15) is 24.0 Å². The van der Waals surface area contributed by atoms with E-state index in [0.29, 0.717) is 62.9 Å². The second kappa shape index (κ2) is 19.5. The molecule has 13 nitrogen and oxygen atoms in total. The molecule has 2 aromatic carbocycles. The molecule has 2 aliphatic heterocycles. The summed E-state index contributed by atoms with van der Waals surface area (Å²) in [6, 6.07) is 12.1. The second-order valence-corrected chi connectivity index (χ2v) is 11.7. The molecular weight excluding hydrogens is 620 g/mol. The zero-order valence-electron chi connectivity index (χ0n) is 27.5. The number of unbranched alkanes of at least 4 members (excludes halogenated alkanes) is 3. The fraction of sp³-hybridized carbons (Fsp3) is 0.514. The van der Waals surface area contributed by atoms with Crippen molar-refractivity contribution in [1.29, 1.82) is 0 Å². The van der Waals surface area contributed by atoms with Crippen LogP contribution in [-0.4, -0.2) is 87.2 Å². The molecule has 2 aliphatic rings. The van der Waals surface area contributed by atoms with Gasteiger partial charge in [-0.3, -0.25) is 29.3 Å². The maximum atomic E-state index is 13.0. The monoisotopic (exact) mass is 666 g/mol. The number of carbonyl (C=O) groups is 5. The van der Waals surface area contributed by atoms with E-state index < -0.39 is 11.9 Å². The van der Waals surface area contributed by atoms with E-state index in [1.807, 2.05) is 31.2 Å². The lowest BCUT2D eigenvalue weighted by atomic mass is 10.0. The average Bonchev–Trinajstić information content (AvgIpc) is 3.41. The Balaban J connectivity index is 0.969. The summed E-state index contributed by atoms with van der Waals surface area (Å²) in [5.74, 6) is -0.547. The molecule has 2 aromatic rings. The number of hydrogen-bond acceptors (Lipinski definition) is 9. The summed E-state index contributed by atoms with van der Waals surface area (Å²) in [4.78, 5) is 61.4. The number of hydrogen-bond donors (Lipinski definition) is 3. The van der Waals surface area contributed by atoms with E-state index in [-0.39, 0.29) is 56.2 Å². The predicted octanol–water partition coefficient (Wildman–Crippen LogP) is 3.27. The van der Waals surface area contributed by atoms with Crippen molar-refractivity contribution in [2.75, 3.05) is 51.6 Å². The first-order valence-corrected chi connectivity index (χ1v) is 16.6. The Labute approximate surface area is 281 Å². The molecule has 0 radical (unpaired) electrons. The largest absolute Gasteiger partial charge is 0.494 e. The quantitative estimate of drug-likeness (QED) is 0.0973. The summed E-state index contributed by atoms with van der Waals surface area (Å²) in [5.41, 5.74) is 2.62. The van der Waals surface area contributed by atoms with Crippen molar-refractivity contribution >= 4 is 35.7 Å². The number of carbonyl (C=O) groups excluding carboxylic acids is 5. The minimum Gasteiger partial charge on any atom is -0.494 e. The van der Waals surface area contributed by atoms with E-state index in [1.54, 1.807) is 18.2 Å². The van der Waals surface area contributed by atoms with Gasteiger partial charge in [0.1, 0.15) is 11.8 Å². The SMILES string of the molecule is CC(NC=O)c1cccc(OCCCCCCOCCOCCOCCC(=O)Nc2cccc3c2CN(C2CCC(=O)NC2=O)C3=O)c1. The van der Waals surface area contributed by atoms with Crippen molar-refractivity contribution < 1.29 is 42.9 Å². The smallest absolute Gasteiger partial charge is 0.255 e. The van der Waals surface area contributed by atoms with E-state index in [4.69, 9.17) is 18.9 Å². The van der Waals surface area contributed by atoms with Crippen molar-refractivity contribution in [3.63, 3.8) is 0 Å². The normalized spacial score (nSPS) is 16.3. The molecule has 2 heterocycles. The van der Waals surface area contributed by atoms with Crippen LogP contribution < -0.4 is 20.7 Å². The Morgan fingerprint density at radius 1 is 0.938 bits per heavy atom. The van der Waals surface area contributed by atoms with Crippen LogP contribution in [0.3, 0.4) is 0 Å². The van der Waals surface area contributed by atoms with Gasteiger partial charge in [-0.05, 0) is 62.4 Å².